The molecule has 2 aromatic carbocycles. The summed E-state index contributed by atoms with van der Waals surface area (Å²) < 4.78 is 10.3. The molecule has 23 heavy (non-hydrogen) atoms. The monoisotopic (exact) mass is 314 g/mol. The number of hydrogen-bond acceptors (Lipinski definition) is 4. The Hall–Kier alpha value is -3.02. The number of amides is 2. The lowest BCUT2D eigenvalue weighted by molar-refractivity contribution is -0.120. The average molecular weight is 314 g/mol. The molecular weight excluding hydrogens is 296 g/mol. The van der Waals surface area contributed by atoms with Crippen LogP contribution in [0.3, 0.4) is 0 Å². The molecule has 2 amide bonds. The second kappa shape index (κ2) is 7.31. The van der Waals surface area contributed by atoms with Crippen LogP contribution in [0.2, 0.25) is 0 Å². The molecule has 0 radical (unpaired) electrons. The maximum atomic E-state index is 12.4. The molecule has 0 spiro atoms. The normalized spacial score (nSPS) is 11.4. The van der Waals surface area contributed by atoms with Crippen LogP contribution in [0.25, 0.3) is 0 Å². The Bertz CT molecular complexity index is 679. The zero-order chi connectivity index (χ0) is 16.8. The lowest BCUT2D eigenvalue weighted by Gasteiger charge is -2.16. The molecule has 6 heteroatoms. The zero-order valence-electron chi connectivity index (χ0n) is 12.9. The van der Waals surface area contributed by atoms with Crippen LogP contribution in [0.1, 0.15) is 22.0 Å². The second-order valence-electron chi connectivity index (χ2n) is 4.82. The quantitative estimate of drug-likeness (QED) is 0.848. The van der Waals surface area contributed by atoms with E-state index in [1.165, 1.54) is 14.2 Å². The maximum absolute atomic E-state index is 12.4. The van der Waals surface area contributed by atoms with Gasteiger partial charge in [0.1, 0.15) is 17.5 Å². The summed E-state index contributed by atoms with van der Waals surface area (Å²) >= 11 is 0. The molecule has 3 N–H and O–H groups in total. The van der Waals surface area contributed by atoms with Crippen molar-refractivity contribution in [3.63, 3.8) is 0 Å². The minimum Gasteiger partial charge on any atom is -0.497 e. The van der Waals surface area contributed by atoms with Crippen molar-refractivity contribution in [1.82, 2.24) is 5.32 Å². The smallest absolute Gasteiger partial charge is 0.252 e. The first kappa shape index (κ1) is 16.4. The molecule has 0 aliphatic carbocycles. The number of nitrogens with one attached hydrogen (secondary N) is 1. The highest BCUT2D eigenvalue weighted by atomic mass is 16.5. The Morgan fingerprint density at radius 2 is 1.57 bits per heavy atom. The first-order valence-corrected chi connectivity index (χ1v) is 6.93. The molecule has 1 atom stereocenters. The number of carbonyl (C=O) groups excluding carboxylic acids is 2. The van der Waals surface area contributed by atoms with Crippen molar-refractivity contribution >= 4 is 11.8 Å². The Kier molecular flexibility index (Phi) is 5.19. The Balaban J connectivity index is 2.27. The van der Waals surface area contributed by atoms with E-state index in [1.807, 2.05) is 6.07 Å². The van der Waals surface area contributed by atoms with E-state index in [9.17, 15) is 9.59 Å². The Morgan fingerprint density at radius 3 is 2.04 bits per heavy atom. The number of hydrogen-bond donors (Lipinski definition) is 2. The lowest BCUT2D eigenvalue weighted by atomic mass is 10.1. The van der Waals surface area contributed by atoms with Crippen LogP contribution >= 0.6 is 0 Å². The van der Waals surface area contributed by atoms with Crippen molar-refractivity contribution in [2.45, 2.75) is 6.04 Å². The van der Waals surface area contributed by atoms with E-state index < -0.39 is 17.9 Å². The third-order valence-electron chi connectivity index (χ3n) is 3.31. The van der Waals surface area contributed by atoms with E-state index in [0.29, 0.717) is 22.6 Å². The van der Waals surface area contributed by atoms with Crippen molar-refractivity contribution < 1.29 is 19.1 Å². The van der Waals surface area contributed by atoms with Crippen LogP contribution in [0.15, 0.2) is 48.5 Å². The number of ether oxygens (including phenoxy) is 2. The van der Waals surface area contributed by atoms with Gasteiger partial charge in [-0.05, 0) is 17.7 Å². The van der Waals surface area contributed by atoms with Gasteiger partial charge in [0.05, 0.1) is 14.2 Å². The van der Waals surface area contributed by atoms with Gasteiger partial charge >= 0.3 is 0 Å². The summed E-state index contributed by atoms with van der Waals surface area (Å²) in [4.78, 5) is 24.1. The van der Waals surface area contributed by atoms with Gasteiger partial charge in [0, 0.05) is 11.6 Å². The van der Waals surface area contributed by atoms with Gasteiger partial charge in [0.2, 0.25) is 5.91 Å². The van der Waals surface area contributed by atoms with Crippen LogP contribution in [0, 0.1) is 0 Å². The van der Waals surface area contributed by atoms with Crippen molar-refractivity contribution in [1.29, 1.82) is 0 Å². The number of primary amides is 1. The zero-order valence-corrected chi connectivity index (χ0v) is 12.9. The van der Waals surface area contributed by atoms with Gasteiger partial charge in [0.25, 0.3) is 5.91 Å². The Morgan fingerprint density at radius 1 is 1.00 bits per heavy atom. The van der Waals surface area contributed by atoms with E-state index in [2.05, 4.69) is 5.32 Å². The molecule has 6 nitrogen and oxygen atoms in total. The number of rotatable bonds is 6. The summed E-state index contributed by atoms with van der Waals surface area (Å²) in [6, 6.07) is 12.7. The van der Waals surface area contributed by atoms with Crippen molar-refractivity contribution in [2.24, 2.45) is 5.73 Å². The molecule has 0 aromatic heterocycles. The molecule has 2 aromatic rings. The van der Waals surface area contributed by atoms with Crippen LogP contribution in [-0.2, 0) is 4.79 Å². The van der Waals surface area contributed by atoms with Gasteiger partial charge in [-0.25, -0.2) is 0 Å². The highest BCUT2D eigenvalue weighted by molar-refractivity contribution is 5.98. The molecule has 0 fully saturated rings. The number of nitrogens with two attached hydrogens (primary N) is 1. The highest BCUT2D eigenvalue weighted by Crippen LogP contribution is 2.23. The first-order chi connectivity index (χ1) is 11.0. The van der Waals surface area contributed by atoms with Gasteiger partial charge in [-0.1, -0.05) is 30.3 Å². The fourth-order valence-electron chi connectivity index (χ4n) is 2.12. The summed E-state index contributed by atoms with van der Waals surface area (Å²) in [5.74, 6) is -0.135. The molecule has 0 bridgehead atoms. The number of benzene rings is 2. The minimum absolute atomic E-state index is 0.309. The third-order valence-corrected chi connectivity index (χ3v) is 3.31. The molecule has 0 saturated heterocycles. The van der Waals surface area contributed by atoms with Gasteiger partial charge in [-0.3, -0.25) is 9.59 Å². The number of carbonyl (C=O) groups is 2. The molecule has 0 aliphatic rings. The second-order valence-corrected chi connectivity index (χ2v) is 4.82. The third kappa shape index (κ3) is 4.00. The van der Waals surface area contributed by atoms with Crippen molar-refractivity contribution in [2.75, 3.05) is 14.2 Å². The summed E-state index contributed by atoms with van der Waals surface area (Å²) in [7, 11) is 2.99. The lowest BCUT2D eigenvalue weighted by Crippen LogP contribution is -2.37. The van der Waals surface area contributed by atoms with E-state index in [1.54, 1.807) is 42.5 Å². The fourth-order valence-corrected chi connectivity index (χ4v) is 2.12. The largest absolute Gasteiger partial charge is 0.497 e. The fraction of sp³-hybridized carbons (Fsp3) is 0.176. The predicted molar refractivity (Wildman–Crippen MR) is 85.4 cm³/mol. The van der Waals surface area contributed by atoms with Crippen molar-refractivity contribution in [3.05, 3.63) is 59.7 Å². The summed E-state index contributed by atoms with van der Waals surface area (Å²) in [5.41, 5.74) is 6.33. The van der Waals surface area contributed by atoms with Crippen LogP contribution in [0.4, 0.5) is 0 Å². The highest BCUT2D eigenvalue weighted by Gasteiger charge is 2.21. The standard InChI is InChI=1S/C17H18N2O4/c1-22-13-8-12(9-14(10-13)23-2)17(21)19-15(16(18)20)11-6-4-3-5-7-11/h3-10,15H,1-2H3,(H2,18,20)(H,19,21)/t15-/m0/s1. The SMILES string of the molecule is COc1cc(OC)cc(C(=O)N[C@H](C(N)=O)c2ccccc2)c1. The van der Waals surface area contributed by atoms with Gasteiger partial charge in [0.15, 0.2) is 0 Å². The first-order valence-electron chi connectivity index (χ1n) is 6.93. The molecule has 0 unspecified atom stereocenters. The summed E-state index contributed by atoms with van der Waals surface area (Å²) in [5, 5.41) is 2.63. The van der Waals surface area contributed by atoms with E-state index >= 15 is 0 Å². The average Bonchev–Trinajstić information content (AvgIpc) is 2.59. The Labute approximate surface area is 134 Å². The van der Waals surface area contributed by atoms with Crippen LogP contribution in [0.5, 0.6) is 11.5 Å². The summed E-state index contributed by atoms with van der Waals surface area (Å²) in [6.07, 6.45) is 0. The molecule has 0 saturated carbocycles. The van der Waals surface area contributed by atoms with Crippen LogP contribution in [-0.4, -0.2) is 26.0 Å². The molecular formula is C17H18N2O4. The minimum atomic E-state index is -0.916. The van der Waals surface area contributed by atoms with Gasteiger partial charge in [-0.2, -0.15) is 0 Å². The van der Waals surface area contributed by atoms with Crippen molar-refractivity contribution in [3.8, 4) is 11.5 Å². The molecule has 0 heterocycles. The summed E-state index contributed by atoms with van der Waals surface area (Å²) in [6.45, 7) is 0. The van der Waals surface area contributed by atoms with Gasteiger partial charge < -0.3 is 20.5 Å². The maximum Gasteiger partial charge on any atom is 0.252 e. The van der Waals surface area contributed by atoms with Crippen LogP contribution < -0.4 is 20.5 Å². The van der Waals surface area contributed by atoms with Gasteiger partial charge in [-0.15, -0.1) is 0 Å². The van der Waals surface area contributed by atoms with E-state index in [-0.39, 0.29) is 0 Å². The van der Waals surface area contributed by atoms with E-state index in [4.69, 9.17) is 15.2 Å². The molecule has 2 rings (SSSR count). The predicted octanol–water partition coefficient (Wildman–Crippen LogP) is 1.66. The number of methoxy groups -OCH3 is 2. The van der Waals surface area contributed by atoms with E-state index in [0.717, 1.165) is 0 Å². The topological polar surface area (TPSA) is 90.7 Å². The molecule has 0 aliphatic heterocycles. The molecule has 120 valence electrons.